The molecule has 58 valence electrons. The van der Waals surface area contributed by atoms with E-state index < -0.39 is 12.0 Å². The fraction of sp³-hybridized carbons (Fsp3) is 1.00. The van der Waals surface area contributed by atoms with Crippen LogP contribution >= 0.6 is 0 Å². The molecule has 0 amide bonds. The van der Waals surface area contributed by atoms with E-state index in [1.807, 2.05) is 0 Å². The quantitative estimate of drug-likeness (QED) is 0.460. The zero-order chi connectivity index (χ0) is 7.19. The summed E-state index contributed by atoms with van der Waals surface area (Å²) in [6, 6.07) is 0. The summed E-state index contributed by atoms with van der Waals surface area (Å²) in [4.78, 5) is 0. The predicted molar refractivity (Wildman–Crippen MR) is 32.9 cm³/mol. The maximum Gasteiger partial charge on any atom is 0.230 e. The number of aliphatic hydroxyl groups is 1. The Balaban J connectivity index is 2.19. The minimum Gasteiger partial charge on any atom is -0.390 e. The summed E-state index contributed by atoms with van der Waals surface area (Å²) < 4.78 is 10.2. The molecule has 0 aromatic rings. The van der Waals surface area contributed by atoms with Gasteiger partial charge in [-0.1, -0.05) is 0 Å². The predicted octanol–water partition coefficient (Wildman–Crippen LogP) is -0.974. The number of rotatable bonds is 0. The minimum absolute atomic E-state index is 0.0208. The molecule has 0 aromatic carbocycles. The summed E-state index contributed by atoms with van der Waals surface area (Å²) in [5.74, 6) is -0.994. The largest absolute Gasteiger partial charge is 0.390 e. The van der Waals surface area contributed by atoms with E-state index in [-0.39, 0.29) is 5.92 Å². The van der Waals surface area contributed by atoms with E-state index >= 15 is 0 Å². The Bertz CT molecular complexity index is 152. The lowest BCUT2D eigenvalue weighted by molar-refractivity contribution is -0.191. The Morgan fingerprint density at radius 2 is 2.30 bits per heavy atom. The van der Waals surface area contributed by atoms with Crippen molar-refractivity contribution in [3.63, 3.8) is 0 Å². The highest BCUT2D eigenvalue weighted by Gasteiger charge is 2.51. The van der Waals surface area contributed by atoms with Crippen molar-refractivity contribution in [3.05, 3.63) is 0 Å². The molecule has 4 nitrogen and oxygen atoms in total. The van der Waals surface area contributed by atoms with Gasteiger partial charge in [-0.25, -0.2) is 0 Å². The maximum atomic E-state index is 9.28. The normalized spacial score (nSPS) is 53.4. The molecule has 1 unspecified atom stereocenters. The molecule has 0 radical (unpaired) electrons. The van der Waals surface area contributed by atoms with E-state index in [4.69, 9.17) is 15.2 Å². The first-order valence-electron chi connectivity index (χ1n) is 3.47. The third-order valence-electron chi connectivity index (χ3n) is 2.22. The first kappa shape index (κ1) is 6.54. The maximum absolute atomic E-state index is 9.28. The van der Waals surface area contributed by atoms with Gasteiger partial charge >= 0.3 is 0 Å². The molecule has 2 saturated heterocycles. The van der Waals surface area contributed by atoms with Gasteiger partial charge in [0.1, 0.15) is 0 Å². The Morgan fingerprint density at radius 1 is 1.50 bits per heavy atom. The molecule has 2 aliphatic rings. The number of hydrogen-bond acceptors (Lipinski definition) is 4. The molecule has 3 atom stereocenters. The van der Waals surface area contributed by atoms with Crippen molar-refractivity contribution in [2.24, 2.45) is 11.7 Å². The molecule has 2 heterocycles. The first-order chi connectivity index (χ1) is 4.72. The standard InChI is InChI=1S/C6H11NO3/c7-6-4(1-2-9-6)5(8)3-10-6/h4-5,8H,1-3,7H2/t4-,5?,6-/m1/s1. The van der Waals surface area contributed by atoms with Crippen molar-refractivity contribution in [3.8, 4) is 0 Å². The highest BCUT2D eigenvalue weighted by Crippen LogP contribution is 2.36. The summed E-state index contributed by atoms with van der Waals surface area (Å²) in [6.07, 6.45) is 0.366. The van der Waals surface area contributed by atoms with Crippen molar-refractivity contribution >= 4 is 0 Å². The summed E-state index contributed by atoms with van der Waals surface area (Å²) in [6.45, 7) is 0.902. The molecule has 0 aliphatic carbocycles. The van der Waals surface area contributed by atoms with E-state index in [1.54, 1.807) is 0 Å². The van der Waals surface area contributed by atoms with E-state index in [1.165, 1.54) is 0 Å². The molecule has 2 rings (SSSR count). The van der Waals surface area contributed by atoms with E-state index in [2.05, 4.69) is 0 Å². The van der Waals surface area contributed by atoms with Crippen LogP contribution in [-0.2, 0) is 9.47 Å². The molecule has 3 N–H and O–H groups in total. The van der Waals surface area contributed by atoms with Gasteiger partial charge in [-0.3, -0.25) is 5.73 Å². The second-order valence-corrected chi connectivity index (χ2v) is 2.84. The van der Waals surface area contributed by atoms with Crippen molar-refractivity contribution in [2.75, 3.05) is 13.2 Å². The van der Waals surface area contributed by atoms with Crippen molar-refractivity contribution in [1.29, 1.82) is 0 Å². The number of ether oxygens (including phenoxy) is 2. The van der Waals surface area contributed by atoms with Crippen LogP contribution in [0.25, 0.3) is 0 Å². The first-order valence-corrected chi connectivity index (χ1v) is 3.47. The van der Waals surface area contributed by atoms with Crippen LogP contribution in [0.15, 0.2) is 0 Å². The summed E-state index contributed by atoms with van der Waals surface area (Å²) in [7, 11) is 0. The second kappa shape index (κ2) is 1.92. The van der Waals surface area contributed by atoms with Crippen LogP contribution in [-0.4, -0.2) is 30.3 Å². The number of aliphatic hydroxyl groups excluding tert-OH is 1. The highest BCUT2D eigenvalue weighted by molar-refractivity contribution is 4.90. The number of nitrogens with two attached hydrogens (primary N) is 1. The van der Waals surface area contributed by atoms with Gasteiger partial charge in [0.25, 0.3) is 0 Å². The molecule has 2 fully saturated rings. The van der Waals surface area contributed by atoms with Crippen molar-refractivity contribution in [1.82, 2.24) is 0 Å². The average molecular weight is 145 g/mol. The van der Waals surface area contributed by atoms with E-state index in [9.17, 15) is 5.11 Å². The zero-order valence-corrected chi connectivity index (χ0v) is 5.62. The van der Waals surface area contributed by atoms with Gasteiger partial charge in [0.15, 0.2) is 0 Å². The van der Waals surface area contributed by atoms with Crippen LogP contribution in [0.4, 0.5) is 0 Å². The molecule has 2 aliphatic heterocycles. The van der Waals surface area contributed by atoms with Crippen molar-refractivity contribution in [2.45, 2.75) is 18.4 Å². The molecule has 0 aromatic heterocycles. The van der Waals surface area contributed by atoms with E-state index in [0.717, 1.165) is 6.42 Å². The molecule has 10 heavy (non-hydrogen) atoms. The topological polar surface area (TPSA) is 64.7 Å². The fourth-order valence-corrected chi connectivity index (χ4v) is 1.59. The monoisotopic (exact) mass is 145 g/mol. The van der Waals surface area contributed by atoms with Crippen LogP contribution in [0.2, 0.25) is 0 Å². The summed E-state index contributed by atoms with van der Waals surface area (Å²) in [5.41, 5.74) is 5.65. The van der Waals surface area contributed by atoms with Crippen LogP contribution in [0, 0.1) is 5.92 Å². The Hall–Kier alpha value is -0.160. The highest BCUT2D eigenvalue weighted by atomic mass is 16.7. The van der Waals surface area contributed by atoms with Gasteiger partial charge in [0.2, 0.25) is 5.91 Å². The third-order valence-corrected chi connectivity index (χ3v) is 2.22. The van der Waals surface area contributed by atoms with Gasteiger partial charge in [-0.2, -0.15) is 0 Å². The minimum atomic E-state index is -0.973. The van der Waals surface area contributed by atoms with Crippen LogP contribution in [0.3, 0.4) is 0 Å². The fourth-order valence-electron chi connectivity index (χ4n) is 1.59. The van der Waals surface area contributed by atoms with Gasteiger partial charge in [0.05, 0.1) is 25.2 Å². The summed E-state index contributed by atoms with van der Waals surface area (Å²) in [5, 5.41) is 9.28. The molecule has 0 bridgehead atoms. The lowest BCUT2D eigenvalue weighted by Crippen LogP contribution is -2.44. The zero-order valence-electron chi connectivity index (χ0n) is 5.62. The lowest BCUT2D eigenvalue weighted by atomic mass is 10.0. The van der Waals surface area contributed by atoms with Gasteiger partial charge in [-0.15, -0.1) is 0 Å². The Labute approximate surface area is 58.9 Å². The molecular weight excluding hydrogens is 134 g/mol. The molecule has 0 saturated carbocycles. The van der Waals surface area contributed by atoms with Gasteiger partial charge < -0.3 is 14.6 Å². The second-order valence-electron chi connectivity index (χ2n) is 2.84. The van der Waals surface area contributed by atoms with Gasteiger partial charge in [0, 0.05) is 0 Å². The Kier molecular flexibility index (Phi) is 1.25. The smallest absolute Gasteiger partial charge is 0.230 e. The molecular formula is C6H11NO3. The average Bonchev–Trinajstić information content (AvgIpc) is 2.35. The van der Waals surface area contributed by atoms with Crippen LogP contribution < -0.4 is 5.73 Å². The molecule has 0 spiro atoms. The van der Waals surface area contributed by atoms with Crippen molar-refractivity contribution < 1.29 is 14.6 Å². The Morgan fingerprint density at radius 3 is 3.00 bits per heavy atom. The van der Waals surface area contributed by atoms with E-state index in [0.29, 0.717) is 13.2 Å². The molecule has 4 heteroatoms. The van der Waals surface area contributed by atoms with Gasteiger partial charge in [-0.05, 0) is 6.42 Å². The summed E-state index contributed by atoms with van der Waals surface area (Å²) >= 11 is 0. The van der Waals surface area contributed by atoms with Crippen LogP contribution in [0.1, 0.15) is 6.42 Å². The number of fused-ring (bicyclic) bond motifs is 1. The number of hydrogen-bond donors (Lipinski definition) is 2. The third kappa shape index (κ3) is 0.703. The van der Waals surface area contributed by atoms with Crippen LogP contribution in [0.5, 0.6) is 0 Å². The lowest BCUT2D eigenvalue weighted by Gasteiger charge is -2.20. The SMILES string of the molecule is N[C@@]12OCC[C@@H]1C(O)CO2.